The van der Waals surface area contributed by atoms with Crippen LogP contribution >= 0.6 is 0 Å². The Balaban J connectivity index is -0.000000308. The number of aliphatic carboxylic acids is 6. The minimum absolute atomic E-state index is 0.0628. The summed E-state index contributed by atoms with van der Waals surface area (Å²) in [6.45, 7) is 0. The molecule has 12 nitrogen and oxygen atoms in total. The molecule has 0 aromatic rings. The number of carboxylic acid groups (broad SMARTS) is 6. The highest BCUT2D eigenvalue weighted by Crippen LogP contribution is 1.98. The minimum Gasteiger partial charge on any atom is -0.481 e. The largest absolute Gasteiger partial charge is 0.481 e. The van der Waals surface area contributed by atoms with Crippen molar-refractivity contribution in [1.82, 2.24) is 0 Å². The van der Waals surface area contributed by atoms with E-state index < -0.39 is 35.8 Å². The first-order valence-electron chi connectivity index (χ1n) is 6.89. The molecule has 0 unspecified atom stereocenters. The topological polar surface area (TPSA) is 224 Å². The lowest BCUT2D eigenvalue weighted by Gasteiger charge is -1.92. The summed E-state index contributed by atoms with van der Waals surface area (Å²) in [6.07, 6.45) is 1.54. The van der Waals surface area contributed by atoms with Crippen LogP contribution in [0.15, 0.2) is 12.2 Å². The Kier molecular flexibility index (Phi) is 18.9. The fourth-order valence-electron chi connectivity index (χ4n) is 0.909. The molecular formula is C14H20O12. The number of rotatable bonds is 10. The summed E-state index contributed by atoms with van der Waals surface area (Å²) in [6, 6.07) is 0. The third kappa shape index (κ3) is 42.8. The fourth-order valence-corrected chi connectivity index (χ4v) is 0.909. The molecule has 0 saturated heterocycles. The van der Waals surface area contributed by atoms with Gasteiger partial charge < -0.3 is 30.6 Å². The van der Waals surface area contributed by atoms with Crippen LogP contribution in [-0.4, -0.2) is 66.5 Å². The van der Waals surface area contributed by atoms with E-state index in [0.29, 0.717) is 25.0 Å². The zero-order valence-electron chi connectivity index (χ0n) is 13.5. The van der Waals surface area contributed by atoms with Gasteiger partial charge in [0.25, 0.3) is 0 Å². The van der Waals surface area contributed by atoms with Gasteiger partial charge in [-0.1, -0.05) is 0 Å². The molecule has 0 aliphatic heterocycles. The molecule has 0 bridgehead atoms. The van der Waals surface area contributed by atoms with Crippen molar-refractivity contribution >= 4 is 35.8 Å². The molecule has 0 aromatic heterocycles. The fraction of sp³-hybridized carbons (Fsp3) is 0.429. The molecule has 0 atom stereocenters. The molecule has 0 heterocycles. The molecule has 0 aliphatic carbocycles. The molecule has 0 fully saturated rings. The van der Waals surface area contributed by atoms with Crippen molar-refractivity contribution in [3.8, 4) is 0 Å². The van der Waals surface area contributed by atoms with Gasteiger partial charge in [-0.05, 0) is 12.8 Å². The maximum Gasteiger partial charge on any atom is 0.328 e. The molecule has 26 heavy (non-hydrogen) atoms. The molecule has 148 valence electrons. The Bertz CT molecular complexity index is 474. The SMILES string of the molecule is O=C(O)C=CC(=O)O.O=C(O)CCC(=O)O.O=C(O)CCCCC(=O)O. The van der Waals surface area contributed by atoms with Gasteiger partial charge in [0, 0.05) is 25.0 Å². The molecule has 0 aliphatic rings. The first kappa shape index (κ1) is 27.4. The van der Waals surface area contributed by atoms with Crippen LogP contribution in [0.4, 0.5) is 0 Å². The predicted molar refractivity (Wildman–Crippen MR) is 82.7 cm³/mol. The summed E-state index contributed by atoms with van der Waals surface area (Å²) < 4.78 is 0. The van der Waals surface area contributed by atoms with E-state index in [4.69, 9.17) is 30.6 Å². The van der Waals surface area contributed by atoms with Gasteiger partial charge in [-0.2, -0.15) is 0 Å². The quantitative estimate of drug-likeness (QED) is 0.223. The maximum atomic E-state index is 9.90. The molecule has 0 aromatic carbocycles. The van der Waals surface area contributed by atoms with E-state index in [0.717, 1.165) is 0 Å². The summed E-state index contributed by atoms with van der Waals surface area (Å²) in [5.74, 6) is -6.41. The monoisotopic (exact) mass is 380 g/mol. The highest BCUT2D eigenvalue weighted by atomic mass is 16.4. The van der Waals surface area contributed by atoms with Gasteiger partial charge in [0.1, 0.15) is 0 Å². The van der Waals surface area contributed by atoms with Crippen LogP contribution in [0.2, 0.25) is 0 Å². The van der Waals surface area contributed by atoms with E-state index in [9.17, 15) is 28.8 Å². The van der Waals surface area contributed by atoms with Gasteiger partial charge in [0.05, 0.1) is 12.8 Å². The van der Waals surface area contributed by atoms with Gasteiger partial charge in [-0.15, -0.1) is 0 Å². The van der Waals surface area contributed by atoms with Gasteiger partial charge in [0.2, 0.25) is 0 Å². The normalized spacial score (nSPS) is 9.08. The zero-order valence-corrected chi connectivity index (χ0v) is 13.5. The smallest absolute Gasteiger partial charge is 0.328 e. The molecule has 0 spiro atoms. The lowest BCUT2D eigenvalue weighted by molar-refractivity contribution is -0.143. The van der Waals surface area contributed by atoms with E-state index in [-0.39, 0.29) is 25.7 Å². The number of unbranched alkanes of at least 4 members (excludes halogenated alkanes) is 1. The number of hydrogen-bond donors (Lipinski definition) is 6. The van der Waals surface area contributed by atoms with Crippen LogP contribution in [0.1, 0.15) is 38.5 Å². The van der Waals surface area contributed by atoms with Crippen molar-refractivity contribution in [2.45, 2.75) is 38.5 Å². The van der Waals surface area contributed by atoms with Crippen molar-refractivity contribution in [1.29, 1.82) is 0 Å². The Morgan fingerprint density at radius 2 is 0.692 bits per heavy atom. The highest BCUT2D eigenvalue weighted by molar-refractivity contribution is 5.89. The van der Waals surface area contributed by atoms with Crippen LogP contribution < -0.4 is 0 Å². The maximum absolute atomic E-state index is 9.90. The van der Waals surface area contributed by atoms with Crippen LogP contribution in [0, 0.1) is 0 Å². The molecule has 0 saturated carbocycles. The van der Waals surface area contributed by atoms with Crippen molar-refractivity contribution in [3.63, 3.8) is 0 Å². The second kappa shape index (κ2) is 17.9. The Hall–Kier alpha value is -3.44. The molecule has 0 radical (unpaired) electrons. The number of carbonyl (C=O) groups is 6. The molecule has 0 amide bonds. The lowest BCUT2D eigenvalue weighted by Crippen LogP contribution is -2.00. The van der Waals surface area contributed by atoms with Crippen molar-refractivity contribution in [2.24, 2.45) is 0 Å². The summed E-state index contributed by atoms with van der Waals surface area (Å²) in [5, 5.41) is 47.7. The van der Waals surface area contributed by atoms with Crippen molar-refractivity contribution < 1.29 is 59.4 Å². The van der Waals surface area contributed by atoms with Crippen molar-refractivity contribution in [3.05, 3.63) is 12.2 Å². The van der Waals surface area contributed by atoms with Gasteiger partial charge in [-0.3, -0.25) is 19.2 Å². The lowest BCUT2D eigenvalue weighted by atomic mass is 10.2. The summed E-state index contributed by atoms with van der Waals surface area (Å²) in [5.41, 5.74) is 0. The molecular weight excluding hydrogens is 360 g/mol. The molecule has 12 heteroatoms. The van der Waals surface area contributed by atoms with Gasteiger partial charge >= 0.3 is 35.8 Å². The van der Waals surface area contributed by atoms with Crippen LogP contribution in [0.25, 0.3) is 0 Å². The number of hydrogen-bond acceptors (Lipinski definition) is 6. The van der Waals surface area contributed by atoms with Gasteiger partial charge in [0.15, 0.2) is 0 Å². The average molecular weight is 380 g/mol. The minimum atomic E-state index is -1.26. The van der Waals surface area contributed by atoms with E-state index in [1.54, 1.807) is 0 Å². The van der Waals surface area contributed by atoms with Crippen molar-refractivity contribution in [2.75, 3.05) is 0 Å². The van der Waals surface area contributed by atoms with E-state index in [2.05, 4.69) is 0 Å². The molecule has 6 N–H and O–H groups in total. The zero-order chi connectivity index (χ0) is 21.1. The second-order valence-electron chi connectivity index (χ2n) is 4.29. The van der Waals surface area contributed by atoms with E-state index in [1.807, 2.05) is 0 Å². The average Bonchev–Trinajstić information content (AvgIpc) is 2.48. The molecule has 0 rings (SSSR count). The second-order valence-corrected chi connectivity index (χ2v) is 4.29. The number of carboxylic acids is 6. The summed E-state index contributed by atoms with van der Waals surface area (Å²) in [7, 11) is 0. The first-order valence-corrected chi connectivity index (χ1v) is 6.89. The summed E-state index contributed by atoms with van der Waals surface area (Å²) >= 11 is 0. The Labute approximate surface area is 147 Å². The third-order valence-electron chi connectivity index (χ3n) is 1.95. The van der Waals surface area contributed by atoms with E-state index in [1.165, 1.54) is 0 Å². The first-order chi connectivity index (χ1) is 11.9. The predicted octanol–water partition coefficient (Wildman–Crippen LogP) is 0.364. The Morgan fingerprint density at radius 3 is 0.846 bits per heavy atom. The standard InChI is InChI=1S/C6H10O4.C4H6O4.C4H4O4/c7-5(8)3-1-2-4-6(9)10;2*5-3(6)1-2-4(7)8/h1-4H2,(H,7,8)(H,9,10);1-2H2,(H,5,6)(H,7,8);1-2H,(H,5,6)(H,7,8). The van der Waals surface area contributed by atoms with E-state index >= 15 is 0 Å². The highest BCUT2D eigenvalue weighted by Gasteiger charge is 2.00. The Morgan fingerprint density at radius 1 is 0.462 bits per heavy atom. The van der Waals surface area contributed by atoms with Gasteiger partial charge in [-0.25, -0.2) is 9.59 Å². The summed E-state index contributed by atoms with van der Waals surface area (Å²) in [4.78, 5) is 58.2. The third-order valence-corrected chi connectivity index (χ3v) is 1.95. The van der Waals surface area contributed by atoms with Crippen LogP contribution in [0.5, 0.6) is 0 Å². The van der Waals surface area contributed by atoms with Crippen LogP contribution in [0.3, 0.4) is 0 Å². The van der Waals surface area contributed by atoms with Crippen LogP contribution in [-0.2, 0) is 28.8 Å².